The molecule has 0 aliphatic heterocycles. The van der Waals surface area contributed by atoms with Gasteiger partial charge in [0.1, 0.15) is 0 Å². The molecule has 3 heteroatoms. The van der Waals surface area contributed by atoms with Crippen LogP contribution in [-0.2, 0) is 0 Å². The summed E-state index contributed by atoms with van der Waals surface area (Å²) < 4.78 is 1.85. The fraction of sp³-hybridized carbons (Fsp3) is 0.250. The van der Waals surface area contributed by atoms with Gasteiger partial charge in [0, 0.05) is 0 Å². The number of allylic oxidation sites excluding steroid dienone is 2. The number of nitrogens with zero attached hydrogens (tertiary/aromatic N) is 3. The van der Waals surface area contributed by atoms with Crippen LogP contribution in [0.15, 0.2) is 30.5 Å². The second-order valence-electron chi connectivity index (χ2n) is 4.99. The van der Waals surface area contributed by atoms with Crippen LogP contribution in [0.25, 0.3) is 17.8 Å². The topological polar surface area (TPSA) is 30.7 Å². The Hall–Kier alpha value is -2.16. The summed E-state index contributed by atoms with van der Waals surface area (Å²) in [6.45, 7) is 4.09. The summed E-state index contributed by atoms with van der Waals surface area (Å²) in [7, 11) is 0. The zero-order chi connectivity index (χ0) is 13.2. The quantitative estimate of drug-likeness (QED) is 0.773. The van der Waals surface area contributed by atoms with Gasteiger partial charge in [-0.05, 0) is 43.2 Å². The molecule has 1 aromatic heterocycles. The third kappa shape index (κ3) is 2.50. The second kappa shape index (κ2) is 4.84. The molecule has 1 aliphatic rings. The Kier molecular flexibility index (Phi) is 3.03. The zero-order valence-electron chi connectivity index (χ0n) is 11.3. The molecule has 2 aromatic rings. The van der Waals surface area contributed by atoms with Crippen molar-refractivity contribution in [2.45, 2.75) is 26.7 Å². The van der Waals surface area contributed by atoms with Crippen LogP contribution in [0.5, 0.6) is 0 Å². The summed E-state index contributed by atoms with van der Waals surface area (Å²) >= 11 is 0. The highest BCUT2D eigenvalue weighted by atomic mass is 15.4. The summed E-state index contributed by atoms with van der Waals surface area (Å²) in [5, 5.41) is 10.8. The van der Waals surface area contributed by atoms with Crippen molar-refractivity contribution in [1.82, 2.24) is 15.0 Å². The van der Waals surface area contributed by atoms with E-state index < -0.39 is 0 Å². The first-order chi connectivity index (χ1) is 9.22. The molecule has 19 heavy (non-hydrogen) atoms. The van der Waals surface area contributed by atoms with Gasteiger partial charge in [-0.3, -0.25) is 0 Å². The van der Waals surface area contributed by atoms with Gasteiger partial charge in [-0.1, -0.05) is 41.1 Å². The maximum atomic E-state index is 4.16. The molecule has 1 aliphatic carbocycles. The highest BCUT2D eigenvalue weighted by Gasteiger charge is 2.02. The number of hydrogen-bond donors (Lipinski definition) is 0. The Balaban J connectivity index is 2.17. The lowest BCUT2D eigenvalue weighted by molar-refractivity contribution is 0.821. The molecular formula is C16H17N3. The number of aryl methyl sites for hydroxylation is 2. The third-order valence-electron chi connectivity index (χ3n) is 3.30. The van der Waals surface area contributed by atoms with E-state index in [2.05, 4.69) is 53.7 Å². The lowest BCUT2D eigenvalue weighted by Gasteiger charge is -2.05. The van der Waals surface area contributed by atoms with Crippen LogP contribution in [0.4, 0.5) is 0 Å². The van der Waals surface area contributed by atoms with E-state index in [0.717, 1.165) is 24.2 Å². The van der Waals surface area contributed by atoms with Crippen LogP contribution in [0.2, 0.25) is 0 Å². The third-order valence-corrected chi connectivity index (χ3v) is 3.30. The van der Waals surface area contributed by atoms with Gasteiger partial charge in [-0.2, -0.15) is 0 Å². The van der Waals surface area contributed by atoms with E-state index >= 15 is 0 Å². The standard InChI is InChI=1S/C16H17N3/c1-12-7-8-15-10-16(19-11-13(2)17-18-19)6-4-3-5-14(15)9-12/h5-11H,3-4H2,1-2H3/b14-5-,15-10-,16-6+. The normalized spacial score (nSPS) is 20.8. The maximum absolute atomic E-state index is 4.16. The molecule has 1 aromatic carbocycles. The van der Waals surface area contributed by atoms with E-state index in [1.165, 1.54) is 16.0 Å². The Morgan fingerprint density at radius 3 is 2.68 bits per heavy atom. The average Bonchev–Trinajstić information content (AvgIpc) is 2.78. The van der Waals surface area contributed by atoms with E-state index in [4.69, 9.17) is 0 Å². The van der Waals surface area contributed by atoms with Crippen molar-refractivity contribution < 1.29 is 0 Å². The Morgan fingerprint density at radius 2 is 1.89 bits per heavy atom. The first-order valence-corrected chi connectivity index (χ1v) is 6.60. The molecule has 0 atom stereocenters. The predicted octanol–water partition coefficient (Wildman–Crippen LogP) is 1.79. The number of benzene rings is 1. The van der Waals surface area contributed by atoms with Gasteiger partial charge in [-0.25, -0.2) is 4.68 Å². The molecule has 0 bridgehead atoms. The fourth-order valence-corrected chi connectivity index (χ4v) is 2.32. The SMILES string of the molecule is Cc1ccc2/c(c1)=C\CC/C=C(n1cc(C)nn1)\C=2. The number of aromatic nitrogens is 3. The summed E-state index contributed by atoms with van der Waals surface area (Å²) in [4.78, 5) is 0. The molecule has 0 saturated carbocycles. The summed E-state index contributed by atoms with van der Waals surface area (Å²) in [6, 6.07) is 6.56. The van der Waals surface area contributed by atoms with E-state index in [0.29, 0.717) is 0 Å². The van der Waals surface area contributed by atoms with Crippen LogP contribution in [0.3, 0.4) is 0 Å². The largest absolute Gasteiger partial charge is 0.221 e. The number of hydrogen-bond acceptors (Lipinski definition) is 2. The minimum Gasteiger partial charge on any atom is -0.221 e. The van der Waals surface area contributed by atoms with Crippen LogP contribution in [0, 0.1) is 13.8 Å². The summed E-state index contributed by atoms with van der Waals surface area (Å²) in [6.07, 6.45) is 10.7. The molecule has 1 heterocycles. The van der Waals surface area contributed by atoms with Crippen LogP contribution in [-0.4, -0.2) is 15.0 Å². The molecule has 3 rings (SSSR count). The zero-order valence-corrected chi connectivity index (χ0v) is 11.3. The highest BCUT2D eigenvalue weighted by molar-refractivity contribution is 5.76. The van der Waals surface area contributed by atoms with E-state index in [9.17, 15) is 0 Å². The van der Waals surface area contributed by atoms with E-state index in [1.54, 1.807) is 0 Å². The van der Waals surface area contributed by atoms with Crippen molar-refractivity contribution in [2.75, 3.05) is 0 Å². The lowest BCUT2D eigenvalue weighted by atomic mass is 10.1. The molecule has 0 unspecified atom stereocenters. The predicted molar refractivity (Wildman–Crippen MR) is 77.6 cm³/mol. The summed E-state index contributed by atoms with van der Waals surface area (Å²) in [5.74, 6) is 0. The van der Waals surface area contributed by atoms with Crippen LogP contribution < -0.4 is 10.4 Å². The van der Waals surface area contributed by atoms with Crippen molar-refractivity contribution >= 4 is 17.8 Å². The Morgan fingerprint density at radius 1 is 1.05 bits per heavy atom. The van der Waals surface area contributed by atoms with E-state index in [1.807, 2.05) is 17.8 Å². The van der Waals surface area contributed by atoms with E-state index in [-0.39, 0.29) is 0 Å². The van der Waals surface area contributed by atoms with Crippen molar-refractivity contribution in [3.05, 3.63) is 52.2 Å². The molecule has 0 fully saturated rings. The number of rotatable bonds is 1. The number of fused-ring (bicyclic) bond motifs is 1. The van der Waals surface area contributed by atoms with Gasteiger partial charge in [0.2, 0.25) is 0 Å². The molecule has 3 nitrogen and oxygen atoms in total. The average molecular weight is 251 g/mol. The molecule has 96 valence electrons. The van der Waals surface area contributed by atoms with Crippen LogP contribution in [0.1, 0.15) is 24.1 Å². The molecule has 0 radical (unpaired) electrons. The van der Waals surface area contributed by atoms with Gasteiger partial charge < -0.3 is 0 Å². The Labute approximate surface area is 112 Å². The first-order valence-electron chi connectivity index (χ1n) is 6.60. The Bertz CT molecular complexity index is 751. The molecule has 0 saturated heterocycles. The van der Waals surface area contributed by atoms with Crippen LogP contribution >= 0.6 is 0 Å². The van der Waals surface area contributed by atoms with Gasteiger partial charge in [0.05, 0.1) is 17.6 Å². The van der Waals surface area contributed by atoms with Gasteiger partial charge in [0.15, 0.2) is 0 Å². The molecule has 0 spiro atoms. The molecule has 0 N–H and O–H groups in total. The van der Waals surface area contributed by atoms with Crippen molar-refractivity contribution in [3.8, 4) is 0 Å². The summed E-state index contributed by atoms with van der Waals surface area (Å²) in [5.41, 5.74) is 3.33. The molecular weight excluding hydrogens is 234 g/mol. The van der Waals surface area contributed by atoms with Crippen molar-refractivity contribution in [1.29, 1.82) is 0 Å². The minimum atomic E-state index is 0.937. The van der Waals surface area contributed by atoms with Gasteiger partial charge in [0.25, 0.3) is 0 Å². The van der Waals surface area contributed by atoms with Crippen molar-refractivity contribution in [2.24, 2.45) is 0 Å². The molecule has 0 amide bonds. The van der Waals surface area contributed by atoms with Crippen molar-refractivity contribution in [3.63, 3.8) is 0 Å². The monoisotopic (exact) mass is 251 g/mol. The minimum absolute atomic E-state index is 0.937. The maximum Gasteiger partial charge on any atom is 0.0800 e. The van der Waals surface area contributed by atoms with Gasteiger partial charge in [-0.15, -0.1) is 5.10 Å². The lowest BCUT2D eigenvalue weighted by Crippen LogP contribution is -2.25. The smallest absolute Gasteiger partial charge is 0.0800 e. The highest BCUT2D eigenvalue weighted by Crippen LogP contribution is 2.09. The first kappa shape index (κ1) is 11.9. The fourth-order valence-electron chi connectivity index (χ4n) is 2.32. The van der Waals surface area contributed by atoms with Gasteiger partial charge >= 0.3 is 0 Å². The second-order valence-corrected chi connectivity index (χ2v) is 4.99.